The van der Waals surface area contributed by atoms with Gasteiger partial charge in [0.15, 0.2) is 0 Å². The molecule has 3 rings (SSSR count). The maximum Gasteiger partial charge on any atom is 0.145 e. The van der Waals surface area contributed by atoms with Crippen molar-refractivity contribution in [2.45, 2.75) is 20.8 Å². The molecule has 5 heteroatoms. The fraction of sp³-hybridized carbons (Fsp3) is 0.294. The Kier molecular flexibility index (Phi) is 3.48. The van der Waals surface area contributed by atoms with Gasteiger partial charge < -0.3 is 14.0 Å². The molecule has 0 aliphatic carbocycles. The Labute approximate surface area is 128 Å². The molecule has 22 heavy (non-hydrogen) atoms. The highest BCUT2D eigenvalue weighted by Gasteiger charge is 2.17. The number of nitrogens with zero attached hydrogens (tertiary/aromatic N) is 2. The summed E-state index contributed by atoms with van der Waals surface area (Å²) >= 11 is 0. The van der Waals surface area contributed by atoms with Crippen molar-refractivity contribution in [2.75, 3.05) is 14.2 Å². The van der Waals surface area contributed by atoms with E-state index >= 15 is 0 Å². The second-order valence-electron chi connectivity index (χ2n) is 5.22. The molecule has 0 atom stereocenters. The average molecular weight is 298 g/mol. The van der Waals surface area contributed by atoms with E-state index in [1.807, 2.05) is 39.0 Å². The Morgan fingerprint density at radius 2 is 1.68 bits per heavy atom. The van der Waals surface area contributed by atoms with Gasteiger partial charge in [0.25, 0.3) is 0 Å². The van der Waals surface area contributed by atoms with Crippen LogP contribution in [0.4, 0.5) is 0 Å². The summed E-state index contributed by atoms with van der Waals surface area (Å²) < 4.78 is 16.2. The first-order valence-electron chi connectivity index (χ1n) is 7.02. The molecule has 0 spiro atoms. The lowest BCUT2D eigenvalue weighted by atomic mass is 10.0. The minimum atomic E-state index is 0.715. The summed E-state index contributed by atoms with van der Waals surface area (Å²) in [7, 11) is 3.30. The van der Waals surface area contributed by atoms with E-state index in [9.17, 15) is 0 Å². The van der Waals surface area contributed by atoms with E-state index in [1.165, 1.54) is 0 Å². The number of rotatable bonds is 3. The summed E-state index contributed by atoms with van der Waals surface area (Å²) in [5.41, 5.74) is 4.42. The van der Waals surface area contributed by atoms with E-state index in [-0.39, 0.29) is 0 Å². The highest BCUT2D eigenvalue weighted by molar-refractivity contribution is 5.94. The normalized spacial score (nSPS) is 11.0. The van der Waals surface area contributed by atoms with E-state index in [0.717, 1.165) is 44.9 Å². The molecule has 3 aromatic rings. The predicted octanol–water partition coefficient (Wildman–Crippen LogP) is 3.83. The number of hydrogen-bond donors (Lipinski definition) is 0. The number of aryl methyl sites for hydroxylation is 3. The number of fused-ring (bicyclic) bond motifs is 1. The molecule has 0 amide bonds. The van der Waals surface area contributed by atoms with Gasteiger partial charge in [0.1, 0.15) is 22.8 Å². The van der Waals surface area contributed by atoms with Crippen molar-refractivity contribution in [1.29, 1.82) is 0 Å². The quantitative estimate of drug-likeness (QED) is 0.735. The van der Waals surface area contributed by atoms with Gasteiger partial charge in [-0.25, -0.2) is 4.98 Å². The van der Waals surface area contributed by atoms with Crippen LogP contribution in [0.25, 0.3) is 22.2 Å². The van der Waals surface area contributed by atoms with Gasteiger partial charge in [0, 0.05) is 5.39 Å². The van der Waals surface area contributed by atoms with Crippen LogP contribution in [0.5, 0.6) is 11.5 Å². The van der Waals surface area contributed by atoms with E-state index in [1.54, 1.807) is 14.2 Å². The molecule has 0 fully saturated rings. The predicted molar refractivity (Wildman–Crippen MR) is 84.6 cm³/mol. The van der Waals surface area contributed by atoms with E-state index in [2.05, 4.69) is 5.16 Å². The number of aromatic nitrogens is 2. The second-order valence-corrected chi connectivity index (χ2v) is 5.22. The van der Waals surface area contributed by atoms with Crippen LogP contribution in [0.1, 0.15) is 17.0 Å². The smallest absolute Gasteiger partial charge is 0.145 e. The summed E-state index contributed by atoms with van der Waals surface area (Å²) in [6, 6.07) is 5.78. The number of benzene rings is 1. The standard InChI is InChI=1S/C17H18N2O3/c1-9-8-12(16-10(2)19-22-11(16)3)18-17-14(21-5)7-6-13(20-4)15(9)17/h6-8H,1-5H3. The van der Waals surface area contributed by atoms with Gasteiger partial charge in [0.05, 0.1) is 31.2 Å². The highest BCUT2D eigenvalue weighted by atomic mass is 16.5. The van der Waals surface area contributed by atoms with Crippen LogP contribution >= 0.6 is 0 Å². The molecule has 0 N–H and O–H groups in total. The Morgan fingerprint density at radius 3 is 2.27 bits per heavy atom. The Hall–Kier alpha value is -2.56. The van der Waals surface area contributed by atoms with E-state index < -0.39 is 0 Å². The van der Waals surface area contributed by atoms with Gasteiger partial charge in [0.2, 0.25) is 0 Å². The Bertz CT molecular complexity index is 833. The molecule has 0 radical (unpaired) electrons. The second kappa shape index (κ2) is 5.33. The molecule has 2 heterocycles. The fourth-order valence-electron chi connectivity index (χ4n) is 2.79. The summed E-state index contributed by atoms with van der Waals surface area (Å²) in [6.07, 6.45) is 0. The molecule has 0 unspecified atom stereocenters. The molecule has 0 aliphatic heterocycles. The third kappa shape index (κ3) is 2.09. The largest absolute Gasteiger partial charge is 0.496 e. The van der Waals surface area contributed by atoms with Crippen molar-refractivity contribution >= 4 is 10.9 Å². The average Bonchev–Trinajstić information content (AvgIpc) is 2.85. The van der Waals surface area contributed by atoms with E-state index in [4.69, 9.17) is 19.0 Å². The first-order valence-corrected chi connectivity index (χ1v) is 7.02. The van der Waals surface area contributed by atoms with Crippen LogP contribution < -0.4 is 9.47 Å². The Morgan fingerprint density at radius 1 is 1.00 bits per heavy atom. The minimum absolute atomic E-state index is 0.715. The summed E-state index contributed by atoms with van der Waals surface area (Å²) in [5, 5.41) is 4.96. The number of pyridine rings is 1. The number of hydrogen-bond acceptors (Lipinski definition) is 5. The van der Waals surface area contributed by atoms with Gasteiger partial charge in [-0.15, -0.1) is 0 Å². The maximum absolute atomic E-state index is 5.46. The zero-order chi connectivity index (χ0) is 15.9. The molecular formula is C17H18N2O3. The summed E-state index contributed by atoms with van der Waals surface area (Å²) in [5.74, 6) is 2.25. The highest BCUT2D eigenvalue weighted by Crippen LogP contribution is 2.37. The molecule has 1 aromatic carbocycles. The molecule has 114 valence electrons. The summed E-state index contributed by atoms with van der Waals surface area (Å²) in [4.78, 5) is 4.77. The zero-order valence-electron chi connectivity index (χ0n) is 13.4. The lowest BCUT2D eigenvalue weighted by Gasteiger charge is -2.13. The van der Waals surface area contributed by atoms with E-state index in [0.29, 0.717) is 5.75 Å². The van der Waals surface area contributed by atoms with Crippen molar-refractivity contribution in [3.8, 4) is 22.8 Å². The maximum atomic E-state index is 5.46. The molecule has 0 saturated carbocycles. The molecule has 5 nitrogen and oxygen atoms in total. The molecule has 0 aliphatic rings. The minimum Gasteiger partial charge on any atom is -0.496 e. The van der Waals surface area contributed by atoms with Crippen LogP contribution in [0.2, 0.25) is 0 Å². The monoisotopic (exact) mass is 298 g/mol. The van der Waals surface area contributed by atoms with Crippen LogP contribution in [0, 0.1) is 20.8 Å². The molecular weight excluding hydrogens is 280 g/mol. The molecule has 0 bridgehead atoms. The number of methoxy groups -OCH3 is 2. The van der Waals surface area contributed by atoms with Gasteiger partial charge >= 0.3 is 0 Å². The topological polar surface area (TPSA) is 57.4 Å². The zero-order valence-corrected chi connectivity index (χ0v) is 13.4. The van der Waals surface area contributed by atoms with Gasteiger partial charge in [-0.3, -0.25) is 0 Å². The molecule has 2 aromatic heterocycles. The van der Waals surface area contributed by atoms with Gasteiger partial charge in [-0.05, 0) is 44.5 Å². The third-order valence-electron chi connectivity index (χ3n) is 3.81. The molecule has 0 saturated heterocycles. The number of ether oxygens (including phenoxy) is 2. The first kappa shape index (κ1) is 14.4. The van der Waals surface area contributed by atoms with Gasteiger partial charge in [-0.1, -0.05) is 5.16 Å². The SMILES string of the molecule is COc1ccc(OC)c2c(C)cc(-c3c(C)noc3C)nc12. The van der Waals surface area contributed by atoms with Crippen molar-refractivity contribution in [3.05, 3.63) is 35.2 Å². The van der Waals surface area contributed by atoms with Crippen LogP contribution in [-0.4, -0.2) is 24.4 Å². The third-order valence-corrected chi connectivity index (χ3v) is 3.81. The van der Waals surface area contributed by atoms with Crippen molar-refractivity contribution in [1.82, 2.24) is 10.1 Å². The first-order chi connectivity index (χ1) is 10.6. The van der Waals surface area contributed by atoms with Crippen LogP contribution in [0.3, 0.4) is 0 Å². The van der Waals surface area contributed by atoms with Crippen molar-refractivity contribution < 1.29 is 14.0 Å². The van der Waals surface area contributed by atoms with Crippen molar-refractivity contribution in [2.24, 2.45) is 0 Å². The lowest BCUT2D eigenvalue weighted by Crippen LogP contribution is -1.96. The van der Waals surface area contributed by atoms with Crippen LogP contribution in [0.15, 0.2) is 22.7 Å². The lowest BCUT2D eigenvalue weighted by molar-refractivity contribution is 0.393. The van der Waals surface area contributed by atoms with Gasteiger partial charge in [-0.2, -0.15) is 0 Å². The Balaban J connectivity index is 2.37. The van der Waals surface area contributed by atoms with Crippen LogP contribution in [-0.2, 0) is 0 Å². The van der Waals surface area contributed by atoms with Crippen molar-refractivity contribution in [3.63, 3.8) is 0 Å². The fourth-order valence-corrected chi connectivity index (χ4v) is 2.79. The summed E-state index contributed by atoms with van der Waals surface area (Å²) in [6.45, 7) is 5.84.